The molecule has 0 aliphatic rings. The average molecular weight is 292 g/mol. The first-order valence-electron chi connectivity index (χ1n) is 6.98. The van der Waals surface area contributed by atoms with Crippen molar-refractivity contribution in [1.82, 2.24) is 14.4 Å². The molecule has 0 radical (unpaired) electrons. The molecule has 0 aliphatic carbocycles. The summed E-state index contributed by atoms with van der Waals surface area (Å²) in [5, 5.41) is 3.08. The normalized spacial score (nSPS) is 11.2. The van der Waals surface area contributed by atoms with Gasteiger partial charge in [0.15, 0.2) is 11.5 Å². The lowest BCUT2D eigenvalue weighted by Gasteiger charge is -2.09. The highest BCUT2D eigenvalue weighted by atomic mass is 19.1. The highest BCUT2D eigenvalue weighted by Gasteiger charge is 2.13. The van der Waals surface area contributed by atoms with Crippen molar-refractivity contribution in [3.8, 4) is 11.3 Å². The second-order valence-corrected chi connectivity index (χ2v) is 5.01. The number of hydrogen-bond acceptors (Lipinski definition) is 3. The summed E-state index contributed by atoms with van der Waals surface area (Å²) in [5.74, 6) is 0.465. The van der Waals surface area contributed by atoms with Crippen LogP contribution in [0.1, 0.15) is 0 Å². The van der Waals surface area contributed by atoms with Crippen LogP contribution in [0.3, 0.4) is 0 Å². The Bertz CT molecular complexity index is 973. The van der Waals surface area contributed by atoms with Gasteiger partial charge in [-0.25, -0.2) is 14.4 Å². The van der Waals surface area contributed by atoms with Gasteiger partial charge in [0.25, 0.3) is 0 Å². The maximum atomic E-state index is 13.2. The number of para-hydroxylation sites is 2. The van der Waals surface area contributed by atoms with Crippen LogP contribution in [0.15, 0.2) is 54.7 Å². The Morgan fingerprint density at radius 2 is 1.82 bits per heavy atom. The molecule has 5 heteroatoms. The van der Waals surface area contributed by atoms with Crippen LogP contribution in [0.25, 0.3) is 27.9 Å². The molecule has 2 aromatic heterocycles. The molecule has 4 nitrogen and oxygen atoms in total. The van der Waals surface area contributed by atoms with Gasteiger partial charge in [0, 0.05) is 12.6 Å². The number of aromatic nitrogens is 3. The summed E-state index contributed by atoms with van der Waals surface area (Å²) in [5.41, 5.74) is 4.41. The molecular formula is C17H13FN4. The van der Waals surface area contributed by atoms with Gasteiger partial charge in [-0.15, -0.1) is 0 Å². The molecule has 0 aliphatic heterocycles. The Morgan fingerprint density at radius 1 is 1.05 bits per heavy atom. The summed E-state index contributed by atoms with van der Waals surface area (Å²) in [6.07, 6.45) is 1.79. The summed E-state index contributed by atoms with van der Waals surface area (Å²) in [4.78, 5) is 9.07. The number of rotatable bonds is 2. The Balaban J connectivity index is 2.12. The zero-order valence-electron chi connectivity index (χ0n) is 11.9. The van der Waals surface area contributed by atoms with Crippen molar-refractivity contribution in [2.24, 2.45) is 0 Å². The van der Waals surface area contributed by atoms with Crippen molar-refractivity contribution in [2.45, 2.75) is 0 Å². The Hall–Kier alpha value is -2.95. The van der Waals surface area contributed by atoms with E-state index in [1.807, 2.05) is 35.7 Å². The fourth-order valence-corrected chi connectivity index (χ4v) is 2.67. The third-order valence-corrected chi connectivity index (χ3v) is 3.71. The molecule has 22 heavy (non-hydrogen) atoms. The molecule has 4 aromatic rings. The van der Waals surface area contributed by atoms with Crippen molar-refractivity contribution in [3.05, 3.63) is 60.5 Å². The Morgan fingerprint density at radius 3 is 2.59 bits per heavy atom. The molecule has 2 heterocycles. The number of halogens is 1. The number of nitrogens with one attached hydrogen (secondary N) is 1. The smallest absolute Gasteiger partial charge is 0.181 e. The van der Waals surface area contributed by atoms with E-state index in [9.17, 15) is 4.39 Å². The van der Waals surface area contributed by atoms with E-state index in [0.29, 0.717) is 5.82 Å². The number of hydrogen-bond donors (Lipinski definition) is 1. The predicted molar refractivity (Wildman–Crippen MR) is 85.4 cm³/mol. The van der Waals surface area contributed by atoms with Crippen LogP contribution in [0.5, 0.6) is 0 Å². The van der Waals surface area contributed by atoms with Crippen LogP contribution in [0.4, 0.5) is 10.2 Å². The van der Waals surface area contributed by atoms with E-state index in [0.717, 1.165) is 27.9 Å². The van der Waals surface area contributed by atoms with E-state index in [2.05, 4.69) is 15.3 Å². The van der Waals surface area contributed by atoms with Gasteiger partial charge in [-0.1, -0.05) is 12.1 Å². The van der Waals surface area contributed by atoms with E-state index in [4.69, 9.17) is 0 Å². The summed E-state index contributed by atoms with van der Waals surface area (Å²) < 4.78 is 15.2. The molecule has 0 fully saturated rings. The van der Waals surface area contributed by atoms with Crippen molar-refractivity contribution >= 4 is 22.5 Å². The summed E-state index contributed by atoms with van der Waals surface area (Å²) in [6.45, 7) is 0. The van der Waals surface area contributed by atoms with Crippen LogP contribution in [0, 0.1) is 5.82 Å². The van der Waals surface area contributed by atoms with E-state index in [1.54, 1.807) is 18.3 Å². The zero-order chi connectivity index (χ0) is 15.1. The van der Waals surface area contributed by atoms with E-state index in [-0.39, 0.29) is 5.82 Å². The van der Waals surface area contributed by atoms with Crippen LogP contribution in [-0.4, -0.2) is 21.4 Å². The number of benzene rings is 2. The molecule has 0 saturated carbocycles. The highest BCUT2D eigenvalue weighted by molar-refractivity contribution is 5.86. The van der Waals surface area contributed by atoms with Gasteiger partial charge in [0.05, 0.1) is 22.9 Å². The standard InChI is InChI=1S/C17H13FN4/c1-19-16-17-20-10-15(11-6-8-12(18)9-7-11)22(17)14-5-3-2-4-13(14)21-16/h2-10H,1H3,(H,19,21). The minimum Gasteiger partial charge on any atom is -0.370 e. The number of anilines is 1. The number of nitrogens with zero attached hydrogens (tertiary/aromatic N) is 3. The van der Waals surface area contributed by atoms with Gasteiger partial charge in [0.2, 0.25) is 0 Å². The van der Waals surface area contributed by atoms with Crippen molar-refractivity contribution < 1.29 is 4.39 Å². The summed E-state index contributed by atoms with van der Waals surface area (Å²) in [6, 6.07) is 14.3. The molecule has 0 spiro atoms. The SMILES string of the molecule is CNc1nc2ccccc2n2c(-c3ccc(F)cc3)cnc12. The molecular weight excluding hydrogens is 279 g/mol. The highest BCUT2D eigenvalue weighted by Crippen LogP contribution is 2.28. The van der Waals surface area contributed by atoms with Gasteiger partial charge >= 0.3 is 0 Å². The quantitative estimate of drug-likeness (QED) is 0.612. The van der Waals surface area contributed by atoms with Gasteiger partial charge < -0.3 is 5.32 Å². The molecule has 108 valence electrons. The lowest BCUT2D eigenvalue weighted by atomic mass is 10.1. The van der Waals surface area contributed by atoms with Gasteiger partial charge in [-0.3, -0.25) is 4.40 Å². The van der Waals surface area contributed by atoms with E-state index >= 15 is 0 Å². The van der Waals surface area contributed by atoms with E-state index < -0.39 is 0 Å². The average Bonchev–Trinajstić information content (AvgIpc) is 3.00. The maximum Gasteiger partial charge on any atom is 0.181 e. The predicted octanol–water partition coefficient (Wildman–Crippen LogP) is 3.73. The monoisotopic (exact) mass is 292 g/mol. The Kier molecular flexibility index (Phi) is 2.79. The lowest BCUT2D eigenvalue weighted by Crippen LogP contribution is -2.00. The lowest BCUT2D eigenvalue weighted by molar-refractivity contribution is 0.628. The van der Waals surface area contributed by atoms with Crippen LogP contribution >= 0.6 is 0 Å². The molecule has 0 saturated heterocycles. The molecule has 1 N–H and O–H groups in total. The first-order valence-corrected chi connectivity index (χ1v) is 6.98. The second-order valence-electron chi connectivity index (χ2n) is 5.01. The van der Waals surface area contributed by atoms with Crippen molar-refractivity contribution in [2.75, 3.05) is 12.4 Å². The van der Waals surface area contributed by atoms with Crippen LogP contribution < -0.4 is 5.32 Å². The van der Waals surface area contributed by atoms with Crippen molar-refractivity contribution in [3.63, 3.8) is 0 Å². The maximum absolute atomic E-state index is 13.2. The minimum absolute atomic E-state index is 0.250. The molecule has 0 unspecified atom stereocenters. The summed E-state index contributed by atoms with van der Waals surface area (Å²) in [7, 11) is 1.82. The third-order valence-electron chi connectivity index (χ3n) is 3.71. The fourth-order valence-electron chi connectivity index (χ4n) is 2.67. The molecule has 0 atom stereocenters. The first kappa shape index (κ1) is 12.8. The molecule has 4 rings (SSSR count). The Labute approximate surface area is 126 Å². The van der Waals surface area contributed by atoms with Gasteiger partial charge in [-0.05, 0) is 36.4 Å². The zero-order valence-corrected chi connectivity index (χ0v) is 11.9. The molecule has 0 bridgehead atoms. The second kappa shape index (κ2) is 4.80. The first-order chi connectivity index (χ1) is 10.8. The number of imidazole rings is 1. The molecule has 0 amide bonds. The fraction of sp³-hybridized carbons (Fsp3) is 0.0588. The topological polar surface area (TPSA) is 42.2 Å². The van der Waals surface area contributed by atoms with E-state index in [1.165, 1.54) is 12.1 Å². The largest absolute Gasteiger partial charge is 0.370 e. The van der Waals surface area contributed by atoms with Gasteiger partial charge in [0.1, 0.15) is 5.82 Å². The number of fused-ring (bicyclic) bond motifs is 3. The molecule has 2 aromatic carbocycles. The van der Waals surface area contributed by atoms with Crippen LogP contribution in [0.2, 0.25) is 0 Å². The van der Waals surface area contributed by atoms with Gasteiger partial charge in [-0.2, -0.15) is 0 Å². The summed E-state index contributed by atoms with van der Waals surface area (Å²) >= 11 is 0. The van der Waals surface area contributed by atoms with Crippen molar-refractivity contribution in [1.29, 1.82) is 0 Å². The third kappa shape index (κ3) is 1.83. The minimum atomic E-state index is -0.250. The van der Waals surface area contributed by atoms with Crippen LogP contribution in [-0.2, 0) is 0 Å².